The Balaban J connectivity index is 4.00. The Bertz CT molecular complexity index is 379. The lowest BCUT2D eigenvalue weighted by atomic mass is 10.1. The summed E-state index contributed by atoms with van der Waals surface area (Å²) in [5.41, 5.74) is -0.949. The number of hydrogen-bond donors (Lipinski definition) is 0. The van der Waals surface area contributed by atoms with Crippen LogP contribution in [-0.2, 0) is 19.1 Å². The average molecular weight is 444 g/mol. The lowest BCUT2D eigenvalue weighted by Crippen LogP contribution is -2.34. The standard InChI is InChI=1S/C16H28Br2O4/c1-14(2,3)21-12(19)10-8-7-9-11-16(17,18)13(20)22-15(4,5)6/h7-11H2,1-6H3. The molecule has 0 atom stereocenters. The Morgan fingerprint density at radius 2 is 1.32 bits per heavy atom. The van der Waals surface area contributed by atoms with Gasteiger partial charge in [-0.1, -0.05) is 44.7 Å². The number of halogens is 2. The van der Waals surface area contributed by atoms with Crippen LogP contribution in [0.4, 0.5) is 0 Å². The lowest BCUT2D eigenvalue weighted by molar-refractivity contribution is -0.156. The van der Waals surface area contributed by atoms with Crippen LogP contribution < -0.4 is 0 Å². The van der Waals surface area contributed by atoms with Crippen molar-refractivity contribution in [3.8, 4) is 0 Å². The number of unbranched alkanes of at least 4 members (excludes halogenated alkanes) is 2. The lowest BCUT2D eigenvalue weighted by Gasteiger charge is -2.26. The zero-order valence-electron chi connectivity index (χ0n) is 14.4. The summed E-state index contributed by atoms with van der Waals surface area (Å²) in [6, 6.07) is 0. The Kier molecular flexibility index (Phi) is 8.63. The van der Waals surface area contributed by atoms with Gasteiger partial charge in [0.2, 0.25) is 0 Å². The second-order valence-corrected chi connectivity index (χ2v) is 11.1. The molecule has 0 fully saturated rings. The van der Waals surface area contributed by atoms with Crippen molar-refractivity contribution in [3.05, 3.63) is 0 Å². The van der Waals surface area contributed by atoms with E-state index in [0.717, 1.165) is 19.3 Å². The Morgan fingerprint density at radius 3 is 1.77 bits per heavy atom. The molecule has 0 saturated carbocycles. The number of carbonyl (C=O) groups excluding carboxylic acids is 2. The van der Waals surface area contributed by atoms with E-state index in [4.69, 9.17) is 9.47 Å². The summed E-state index contributed by atoms with van der Waals surface area (Å²) in [6.45, 7) is 11.1. The minimum Gasteiger partial charge on any atom is -0.460 e. The van der Waals surface area contributed by atoms with Gasteiger partial charge in [0.25, 0.3) is 0 Å². The van der Waals surface area contributed by atoms with E-state index in [1.54, 1.807) is 0 Å². The van der Waals surface area contributed by atoms with Crippen LogP contribution in [0.5, 0.6) is 0 Å². The van der Waals surface area contributed by atoms with Gasteiger partial charge in [-0.2, -0.15) is 0 Å². The van der Waals surface area contributed by atoms with E-state index in [1.165, 1.54) is 0 Å². The van der Waals surface area contributed by atoms with E-state index in [-0.39, 0.29) is 11.9 Å². The number of ether oxygens (including phenoxy) is 2. The van der Waals surface area contributed by atoms with Crippen molar-refractivity contribution in [1.29, 1.82) is 0 Å². The largest absolute Gasteiger partial charge is 0.460 e. The Morgan fingerprint density at radius 1 is 0.818 bits per heavy atom. The maximum Gasteiger partial charge on any atom is 0.334 e. The van der Waals surface area contributed by atoms with Crippen LogP contribution in [0.15, 0.2) is 0 Å². The molecule has 0 aromatic rings. The average Bonchev–Trinajstić information content (AvgIpc) is 2.23. The molecule has 0 amide bonds. The highest BCUT2D eigenvalue weighted by Gasteiger charge is 2.36. The minimum absolute atomic E-state index is 0.177. The molecule has 0 aliphatic rings. The highest BCUT2D eigenvalue weighted by molar-refractivity contribution is 9.25. The first kappa shape index (κ1) is 21.9. The topological polar surface area (TPSA) is 52.6 Å². The summed E-state index contributed by atoms with van der Waals surface area (Å²) in [4.78, 5) is 23.6. The van der Waals surface area contributed by atoms with Crippen LogP contribution in [0, 0.1) is 0 Å². The van der Waals surface area contributed by atoms with E-state index < -0.39 is 14.4 Å². The molecule has 0 unspecified atom stereocenters. The summed E-state index contributed by atoms with van der Waals surface area (Å²) >= 11 is 6.74. The van der Waals surface area contributed by atoms with E-state index in [1.807, 2.05) is 41.5 Å². The van der Waals surface area contributed by atoms with Crippen molar-refractivity contribution in [2.24, 2.45) is 0 Å². The fourth-order valence-electron chi connectivity index (χ4n) is 1.64. The molecule has 130 valence electrons. The summed E-state index contributed by atoms with van der Waals surface area (Å²) in [5.74, 6) is -0.504. The van der Waals surface area contributed by atoms with Gasteiger partial charge in [0.15, 0.2) is 3.23 Å². The zero-order valence-corrected chi connectivity index (χ0v) is 17.6. The molecule has 0 N–H and O–H groups in total. The Labute approximate surface area is 150 Å². The van der Waals surface area contributed by atoms with Crippen molar-refractivity contribution >= 4 is 43.8 Å². The molecule has 0 bridgehead atoms. The molecule has 6 heteroatoms. The third-order valence-corrected chi connectivity index (χ3v) is 3.93. The summed E-state index contributed by atoms with van der Waals surface area (Å²) < 4.78 is 9.73. The molecule has 4 nitrogen and oxygen atoms in total. The number of alkyl halides is 2. The van der Waals surface area contributed by atoms with Crippen LogP contribution in [0.2, 0.25) is 0 Å². The molecule has 0 rings (SSSR count). The predicted molar refractivity (Wildman–Crippen MR) is 95.4 cm³/mol. The first-order chi connectivity index (χ1) is 9.73. The molecule has 0 aromatic heterocycles. The van der Waals surface area contributed by atoms with Crippen molar-refractivity contribution in [2.75, 3.05) is 0 Å². The molecule has 0 heterocycles. The van der Waals surface area contributed by atoms with Crippen molar-refractivity contribution in [2.45, 2.75) is 88.1 Å². The van der Waals surface area contributed by atoms with Gasteiger partial charge < -0.3 is 9.47 Å². The summed E-state index contributed by atoms with van der Waals surface area (Å²) in [7, 11) is 0. The molecular weight excluding hydrogens is 416 g/mol. The third kappa shape index (κ3) is 11.5. The monoisotopic (exact) mass is 442 g/mol. The van der Waals surface area contributed by atoms with Gasteiger partial charge in [0, 0.05) is 6.42 Å². The van der Waals surface area contributed by atoms with Gasteiger partial charge in [-0.3, -0.25) is 4.79 Å². The highest BCUT2D eigenvalue weighted by atomic mass is 79.9. The molecule has 22 heavy (non-hydrogen) atoms. The molecular formula is C16H28Br2O4. The van der Waals surface area contributed by atoms with Crippen molar-refractivity contribution in [3.63, 3.8) is 0 Å². The fourth-order valence-corrected chi connectivity index (χ4v) is 2.36. The summed E-state index contributed by atoms with van der Waals surface area (Å²) in [5, 5.41) is 0. The number of carbonyl (C=O) groups is 2. The van der Waals surface area contributed by atoms with E-state index in [9.17, 15) is 9.59 Å². The van der Waals surface area contributed by atoms with Crippen LogP contribution in [0.3, 0.4) is 0 Å². The second kappa shape index (κ2) is 8.67. The molecule has 0 aliphatic carbocycles. The van der Waals surface area contributed by atoms with Crippen molar-refractivity contribution < 1.29 is 19.1 Å². The maximum absolute atomic E-state index is 12.0. The number of hydrogen-bond acceptors (Lipinski definition) is 4. The zero-order chi connectivity index (χ0) is 17.6. The van der Waals surface area contributed by atoms with Gasteiger partial charge in [-0.15, -0.1) is 0 Å². The quantitative estimate of drug-likeness (QED) is 0.311. The number of rotatable bonds is 7. The predicted octanol–water partition coefficient (Wildman–Crippen LogP) is 5.11. The molecule has 0 spiro atoms. The van der Waals surface area contributed by atoms with Gasteiger partial charge in [-0.25, -0.2) is 4.79 Å². The van der Waals surface area contributed by atoms with E-state index in [2.05, 4.69) is 31.9 Å². The van der Waals surface area contributed by atoms with Gasteiger partial charge in [0.05, 0.1) is 0 Å². The van der Waals surface area contributed by atoms with Gasteiger partial charge >= 0.3 is 11.9 Å². The molecule has 0 aromatic carbocycles. The second-order valence-electron chi connectivity index (χ2n) is 7.35. The SMILES string of the molecule is CC(C)(C)OC(=O)CCCCCC(Br)(Br)C(=O)OC(C)(C)C. The van der Waals surface area contributed by atoms with Crippen molar-refractivity contribution in [1.82, 2.24) is 0 Å². The third-order valence-electron chi connectivity index (χ3n) is 2.49. The highest BCUT2D eigenvalue weighted by Crippen LogP contribution is 2.35. The normalized spacial score (nSPS) is 12.9. The van der Waals surface area contributed by atoms with Gasteiger partial charge in [-0.05, 0) is 54.4 Å². The molecule has 0 saturated heterocycles. The van der Waals surface area contributed by atoms with Crippen LogP contribution in [-0.4, -0.2) is 26.4 Å². The minimum atomic E-state index is -0.862. The van der Waals surface area contributed by atoms with Gasteiger partial charge in [0.1, 0.15) is 11.2 Å². The van der Waals surface area contributed by atoms with Crippen LogP contribution >= 0.6 is 31.9 Å². The fraction of sp³-hybridized carbons (Fsp3) is 0.875. The van der Waals surface area contributed by atoms with E-state index >= 15 is 0 Å². The van der Waals surface area contributed by atoms with Crippen LogP contribution in [0.25, 0.3) is 0 Å². The maximum atomic E-state index is 12.0. The smallest absolute Gasteiger partial charge is 0.334 e. The first-order valence-electron chi connectivity index (χ1n) is 7.56. The number of esters is 2. The van der Waals surface area contributed by atoms with Crippen LogP contribution in [0.1, 0.15) is 73.6 Å². The molecule has 0 radical (unpaired) electrons. The first-order valence-corrected chi connectivity index (χ1v) is 9.15. The molecule has 0 aliphatic heterocycles. The Hall–Kier alpha value is -0.100. The van der Waals surface area contributed by atoms with E-state index in [0.29, 0.717) is 12.8 Å². The summed E-state index contributed by atoms with van der Waals surface area (Å²) in [6.07, 6.45) is 3.40.